The first-order valence-electron chi connectivity index (χ1n) is 8.67. The molecular formula is C20H23ClN2O4. The predicted octanol–water partition coefficient (Wildman–Crippen LogP) is 4.27. The number of carbonyl (C=O) groups excluding carboxylic acids is 1. The molecule has 3 rings (SSSR count). The minimum absolute atomic E-state index is 0.173. The molecule has 1 N–H and O–H groups in total. The average Bonchev–Trinajstić information content (AvgIpc) is 2.69. The molecule has 1 aliphatic rings. The summed E-state index contributed by atoms with van der Waals surface area (Å²) in [6, 6.07) is 10.9. The molecule has 2 amide bonds. The van der Waals surface area contributed by atoms with Crippen molar-refractivity contribution in [3.63, 3.8) is 0 Å². The molecule has 0 bridgehead atoms. The van der Waals surface area contributed by atoms with Gasteiger partial charge < -0.3 is 24.4 Å². The first-order valence-corrected chi connectivity index (χ1v) is 9.05. The zero-order valence-electron chi connectivity index (χ0n) is 15.6. The molecule has 0 aliphatic carbocycles. The van der Waals surface area contributed by atoms with Crippen LogP contribution in [0.3, 0.4) is 0 Å². The Hall–Kier alpha value is -2.44. The van der Waals surface area contributed by atoms with Crippen LogP contribution in [0, 0.1) is 6.92 Å². The molecule has 1 aliphatic heterocycles. The van der Waals surface area contributed by atoms with Crippen molar-refractivity contribution in [3.05, 3.63) is 52.5 Å². The largest absolute Gasteiger partial charge is 0.493 e. The number of hydrogen-bond donors (Lipinski definition) is 1. The van der Waals surface area contributed by atoms with E-state index in [-0.39, 0.29) is 12.1 Å². The van der Waals surface area contributed by atoms with Gasteiger partial charge in [0.1, 0.15) is 6.10 Å². The number of morpholine rings is 1. The molecule has 1 fully saturated rings. The zero-order chi connectivity index (χ0) is 19.4. The zero-order valence-corrected chi connectivity index (χ0v) is 16.4. The van der Waals surface area contributed by atoms with E-state index >= 15 is 0 Å². The molecule has 7 heteroatoms. The number of hydrogen-bond acceptors (Lipinski definition) is 4. The Bertz CT molecular complexity index is 810. The molecule has 1 atom stereocenters. The lowest BCUT2D eigenvalue weighted by Gasteiger charge is -2.33. The number of ether oxygens (including phenoxy) is 3. The minimum Gasteiger partial charge on any atom is -0.493 e. The number of nitrogens with zero attached hydrogens (tertiary/aromatic N) is 1. The van der Waals surface area contributed by atoms with Gasteiger partial charge in [0.15, 0.2) is 11.5 Å². The SMILES string of the molecule is COc1cc(C)c(NC(=O)N2CCOC(c3ccc(Cl)cc3)C2)cc1OC. The van der Waals surface area contributed by atoms with Gasteiger partial charge in [0.05, 0.1) is 27.4 Å². The lowest BCUT2D eigenvalue weighted by molar-refractivity contribution is -0.0135. The van der Waals surface area contributed by atoms with Crippen molar-refractivity contribution in [1.82, 2.24) is 4.90 Å². The van der Waals surface area contributed by atoms with Crippen molar-refractivity contribution in [1.29, 1.82) is 0 Å². The third kappa shape index (κ3) is 4.46. The second-order valence-electron chi connectivity index (χ2n) is 6.31. The number of amides is 2. The van der Waals surface area contributed by atoms with Crippen LogP contribution in [0.4, 0.5) is 10.5 Å². The van der Waals surface area contributed by atoms with Crippen LogP contribution in [0.25, 0.3) is 0 Å². The molecule has 27 heavy (non-hydrogen) atoms. The van der Waals surface area contributed by atoms with Crippen LogP contribution >= 0.6 is 11.6 Å². The lowest BCUT2D eigenvalue weighted by atomic mass is 10.1. The number of benzene rings is 2. The summed E-state index contributed by atoms with van der Waals surface area (Å²) in [6.07, 6.45) is -0.173. The summed E-state index contributed by atoms with van der Waals surface area (Å²) in [5.41, 5.74) is 2.58. The Morgan fingerprint density at radius 2 is 1.85 bits per heavy atom. The standard InChI is InChI=1S/C20H23ClN2O4/c1-13-10-17(25-2)18(26-3)11-16(13)22-20(24)23-8-9-27-19(12-23)14-4-6-15(21)7-5-14/h4-7,10-11,19H,8-9,12H2,1-3H3,(H,22,24). The summed E-state index contributed by atoms with van der Waals surface area (Å²) < 4.78 is 16.4. The second-order valence-corrected chi connectivity index (χ2v) is 6.75. The summed E-state index contributed by atoms with van der Waals surface area (Å²) in [4.78, 5) is 14.5. The van der Waals surface area contributed by atoms with Gasteiger partial charge >= 0.3 is 6.03 Å². The van der Waals surface area contributed by atoms with E-state index in [4.69, 9.17) is 25.8 Å². The highest BCUT2D eigenvalue weighted by Gasteiger charge is 2.26. The van der Waals surface area contributed by atoms with E-state index in [2.05, 4.69) is 5.32 Å². The van der Waals surface area contributed by atoms with Gasteiger partial charge in [-0.1, -0.05) is 23.7 Å². The minimum atomic E-state index is -0.174. The normalized spacial score (nSPS) is 16.7. The van der Waals surface area contributed by atoms with Crippen molar-refractivity contribution >= 4 is 23.3 Å². The quantitative estimate of drug-likeness (QED) is 0.846. The van der Waals surface area contributed by atoms with E-state index in [0.717, 1.165) is 11.1 Å². The van der Waals surface area contributed by atoms with E-state index in [1.54, 1.807) is 25.2 Å². The fourth-order valence-corrected chi connectivity index (χ4v) is 3.15. The van der Waals surface area contributed by atoms with Crippen molar-refractivity contribution in [2.24, 2.45) is 0 Å². The lowest BCUT2D eigenvalue weighted by Crippen LogP contribution is -2.44. The van der Waals surface area contributed by atoms with Crippen molar-refractivity contribution in [2.45, 2.75) is 13.0 Å². The highest BCUT2D eigenvalue weighted by molar-refractivity contribution is 6.30. The number of rotatable bonds is 4. The van der Waals surface area contributed by atoms with Gasteiger partial charge in [-0.15, -0.1) is 0 Å². The second kappa shape index (κ2) is 8.50. The van der Waals surface area contributed by atoms with Crippen molar-refractivity contribution in [2.75, 3.05) is 39.2 Å². The van der Waals surface area contributed by atoms with Crippen LogP contribution in [-0.4, -0.2) is 44.8 Å². The summed E-state index contributed by atoms with van der Waals surface area (Å²) in [6.45, 7) is 3.39. The molecule has 1 unspecified atom stereocenters. The van der Waals surface area contributed by atoms with Gasteiger partial charge in [0, 0.05) is 23.3 Å². The van der Waals surface area contributed by atoms with Gasteiger partial charge in [-0.3, -0.25) is 0 Å². The fourth-order valence-electron chi connectivity index (χ4n) is 3.02. The highest BCUT2D eigenvalue weighted by atomic mass is 35.5. The monoisotopic (exact) mass is 390 g/mol. The number of nitrogens with one attached hydrogen (secondary N) is 1. The van der Waals surface area contributed by atoms with Gasteiger partial charge in [-0.25, -0.2) is 4.79 Å². The first kappa shape index (κ1) is 19.3. The molecule has 1 heterocycles. The number of methoxy groups -OCH3 is 2. The highest BCUT2D eigenvalue weighted by Crippen LogP contribution is 2.33. The maximum atomic E-state index is 12.8. The van der Waals surface area contributed by atoms with E-state index < -0.39 is 0 Å². The maximum Gasteiger partial charge on any atom is 0.322 e. The Labute approximate surface area is 164 Å². The molecule has 6 nitrogen and oxygen atoms in total. The number of aryl methyl sites for hydroxylation is 1. The Morgan fingerprint density at radius 1 is 1.19 bits per heavy atom. The van der Waals surface area contributed by atoms with Crippen LogP contribution in [-0.2, 0) is 4.74 Å². The number of urea groups is 1. The summed E-state index contributed by atoms with van der Waals surface area (Å²) in [5, 5.41) is 3.64. The maximum absolute atomic E-state index is 12.8. The molecule has 2 aromatic rings. The third-order valence-electron chi connectivity index (χ3n) is 4.57. The van der Waals surface area contributed by atoms with E-state index in [1.165, 1.54) is 0 Å². The molecule has 0 spiro atoms. The van der Waals surface area contributed by atoms with Crippen LogP contribution in [0.15, 0.2) is 36.4 Å². The number of anilines is 1. The van der Waals surface area contributed by atoms with Gasteiger partial charge in [0.2, 0.25) is 0 Å². The molecule has 0 aromatic heterocycles. The van der Waals surface area contributed by atoms with E-state index in [9.17, 15) is 4.79 Å². The fraction of sp³-hybridized carbons (Fsp3) is 0.350. The molecule has 0 radical (unpaired) electrons. The number of halogens is 1. The molecule has 1 saturated heterocycles. The van der Waals surface area contributed by atoms with Gasteiger partial charge in [-0.05, 0) is 36.2 Å². The van der Waals surface area contributed by atoms with Gasteiger partial charge in [0.25, 0.3) is 0 Å². The first-order chi connectivity index (χ1) is 13.0. The predicted molar refractivity (Wildman–Crippen MR) is 105 cm³/mol. The topological polar surface area (TPSA) is 60.0 Å². The van der Waals surface area contributed by atoms with Crippen molar-refractivity contribution < 1.29 is 19.0 Å². The molecule has 144 valence electrons. The third-order valence-corrected chi connectivity index (χ3v) is 4.82. The summed E-state index contributed by atoms with van der Waals surface area (Å²) >= 11 is 5.95. The Balaban J connectivity index is 1.71. The van der Waals surface area contributed by atoms with E-state index in [1.807, 2.05) is 37.3 Å². The van der Waals surface area contributed by atoms with Crippen LogP contribution in [0.1, 0.15) is 17.2 Å². The van der Waals surface area contributed by atoms with Crippen LogP contribution in [0.5, 0.6) is 11.5 Å². The Morgan fingerprint density at radius 3 is 2.52 bits per heavy atom. The smallest absolute Gasteiger partial charge is 0.322 e. The number of carbonyl (C=O) groups is 1. The van der Waals surface area contributed by atoms with Crippen molar-refractivity contribution in [3.8, 4) is 11.5 Å². The van der Waals surface area contributed by atoms with Crippen LogP contribution in [0.2, 0.25) is 5.02 Å². The Kier molecular flexibility index (Phi) is 6.08. The summed E-state index contributed by atoms with van der Waals surface area (Å²) in [7, 11) is 3.15. The van der Waals surface area contributed by atoms with E-state index in [0.29, 0.717) is 41.9 Å². The molecular weight excluding hydrogens is 368 g/mol. The molecule has 0 saturated carbocycles. The van der Waals surface area contributed by atoms with Crippen LogP contribution < -0.4 is 14.8 Å². The average molecular weight is 391 g/mol. The van der Waals surface area contributed by atoms with Gasteiger partial charge in [-0.2, -0.15) is 0 Å². The molecule has 2 aromatic carbocycles. The summed E-state index contributed by atoms with van der Waals surface area (Å²) in [5.74, 6) is 1.20.